The number of carbonyl (C=O) groups is 1. The van der Waals surface area contributed by atoms with Gasteiger partial charge in [-0.05, 0) is 13.0 Å². The van der Waals surface area contributed by atoms with Crippen LogP contribution in [0.5, 0.6) is 0 Å². The number of nitrogens with two attached hydrogens (primary N) is 2. The highest BCUT2D eigenvalue weighted by molar-refractivity contribution is 7.80. The molecule has 1 fully saturated rings. The van der Waals surface area contributed by atoms with Gasteiger partial charge >= 0.3 is 0 Å². The summed E-state index contributed by atoms with van der Waals surface area (Å²) >= 11 is 4.77. The zero-order valence-corrected chi connectivity index (χ0v) is 8.35. The summed E-state index contributed by atoms with van der Waals surface area (Å²) in [6, 6.07) is 0. The second-order valence-electron chi connectivity index (χ2n) is 3.40. The summed E-state index contributed by atoms with van der Waals surface area (Å²) in [5, 5.41) is 0. The van der Waals surface area contributed by atoms with Crippen LogP contribution in [0.15, 0.2) is 0 Å². The van der Waals surface area contributed by atoms with E-state index in [1.165, 1.54) is 0 Å². The van der Waals surface area contributed by atoms with E-state index in [0.29, 0.717) is 4.99 Å². The van der Waals surface area contributed by atoms with Crippen molar-refractivity contribution >= 4 is 23.1 Å². The van der Waals surface area contributed by atoms with Crippen LogP contribution in [0.4, 0.5) is 0 Å². The van der Waals surface area contributed by atoms with Gasteiger partial charge < -0.3 is 16.4 Å². The summed E-state index contributed by atoms with van der Waals surface area (Å²) in [5.41, 5.74) is 10.6. The molecule has 1 amide bonds. The Morgan fingerprint density at radius 3 is 2.69 bits per heavy atom. The summed E-state index contributed by atoms with van der Waals surface area (Å²) < 4.78 is 0. The maximum atomic E-state index is 10.8. The lowest BCUT2D eigenvalue weighted by Gasteiger charge is -2.13. The third-order valence-corrected chi connectivity index (χ3v) is 2.55. The third kappa shape index (κ3) is 3.28. The number of primary amides is 1. The maximum Gasteiger partial charge on any atom is 0.221 e. The highest BCUT2D eigenvalue weighted by atomic mass is 32.1. The smallest absolute Gasteiger partial charge is 0.221 e. The van der Waals surface area contributed by atoms with Gasteiger partial charge in [-0.15, -0.1) is 0 Å². The fourth-order valence-corrected chi connectivity index (χ4v) is 1.63. The van der Waals surface area contributed by atoms with Gasteiger partial charge in [0.15, 0.2) is 0 Å². The van der Waals surface area contributed by atoms with Crippen molar-refractivity contribution in [3.05, 3.63) is 0 Å². The molecule has 0 aromatic heterocycles. The number of thiocarbonyl (C=S) groups is 1. The fourth-order valence-electron chi connectivity index (χ4n) is 1.54. The third-order valence-electron chi connectivity index (χ3n) is 2.35. The van der Waals surface area contributed by atoms with Crippen molar-refractivity contribution in [2.45, 2.75) is 12.8 Å². The number of rotatable bonds is 4. The highest BCUT2D eigenvalue weighted by Gasteiger charge is 2.25. The van der Waals surface area contributed by atoms with Gasteiger partial charge in [0.25, 0.3) is 0 Å². The van der Waals surface area contributed by atoms with Crippen LogP contribution in [-0.2, 0) is 4.79 Å². The van der Waals surface area contributed by atoms with E-state index in [-0.39, 0.29) is 11.8 Å². The molecule has 0 aromatic carbocycles. The molecule has 1 rings (SSSR count). The van der Waals surface area contributed by atoms with E-state index in [0.717, 1.165) is 32.5 Å². The standard InChI is InChI=1S/C8H15N3OS/c9-7(13)2-4-11-3-1-6(5-11)8(10)12/h6H,1-5H2,(H2,9,13)(H2,10,12). The quantitative estimate of drug-likeness (QED) is 0.600. The molecule has 1 aliphatic heterocycles. The molecule has 0 aromatic rings. The van der Waals surface area contributed by atoms with Crippen molar-refractivity contribution in [3.63, 3.8) is 0 Å². The van der Waals surface area contributed by atoms with Crippen LogP contribution in [0.25, 0.3) is 0 Å². The minimum Gasteiger partial charge on any atom is -0.393 e. The number of hydrogen-bond donors (Lipinski definition) is 2. The largest absolute Gasteiger partial charge is 0.393 e. The van der Waals surface area contributed by atoms with Crippen molar-refractivity contribution < 1.29 is 4.79 Å². The Morgan fingerprint density at radius 1 is 1.54 bits per heavy atom. The summed E-state index contributed by atoms with van der Waals surface area (Å²) in [6.07, 6.45) is 1.59. The Kier molecular flexibility index (Phi) is 3.62. The Labute approximate surface area is 83.2 Å². The van der Waals surface area contributed by atoms with Crippen LogP contribution >= 0.6 is 12.2 Å². The molecule has 1 unspecified atom stereocenters. The summed E-state index contributed by atoms with van der Waals surface area (Å²) in [6.45, 7) is 2.54. The molecule has 4 nitrogen and oxygen atoms in total. The van der Waals surface area contributed by atoms with Crippen LogP contribution in [0.2, 0.25) is 0 Å². The van der Waals surface area contributed by atoms with E-state index < -0.39 is 0 Å². The molecule has 0 bridgehead atoms. The predicted molar refractivity (Wildman–Crippen MR) is 55.1 cm³/mol. The van der Waals surface area contributed by atoms with E-state index in [9.17, 15) is 4.79 Å². The first kappa shape index (κ1) is 10.4. The molecule has 0 aliphatic carbocycles. The average Bonchev–Trinajstić information content (AvgIpc) is 2.48. The molecule has 1 aliphatic rings. The Bertz CT molecular complexity index is 219. The zero-order chi connectivity index (χ0) is 9.84. The van der Waals surface area contributed by atoms with Crippen molar-refractivity contribution in [2.75, 3.05) is 19.6 Å². The van der Waals surface area contributed by atoms with Crippen molar-refractivity contribution in [3.8, 4) is 0 Å². The normalized spacial score (nSPS) is 23.2. The molecule has 74 valence electrons. The predicted octanol–water partition coefficient (Wildman–Crippen LogP) is -0.530. The van der Waals surface area contributed by atoms with Crippen LogP contribution in [0, 0.1) is 5.92 Å². The van der Waals surface area contributed by atoms with Gasteiger partial charge in [-0.2, -0.15) is 0 Å². The molecule has 1 atom stereocenters. The maximum absolute atomic E-state index is 10.8. The van der Waals surface area contributed by atoms with Gasteiger partial charge in [-0.25, -0.2) is 0 Å². The summed E-state index contributed by atoms with van der Waals surface area (Å²) in [7, 11) is 0. The summed E-state index contributed by atoms with van der Waals surface area (Å²) in [4.78, 5) is 13.5. The molecule has 1 heterocycles. The topological polar surface area (TPSA) is 72.4 Å². The Balaban J connectivity index is 2.25. The fraction of sp³-hybridized carbons (Fsp3) is 0.750. The van der Waals surface area contributed by atoms with E-state index in [4.69, 9.17) is 23.7 Å². The summed E-state index contributed by atoms with van der Waals surface area (Å²) in [5.74, 6) is -0.177. The number of amides is 1. The van der Waals surface area contributed by atoms with Crippen LogP contribution < -0.4 is 11.5 Å². The molecule has 1 saturated heterocycles. The number of carbonyl (C=O) groups excluding carboxylic acids is 1. The molecule has 0 saturated carbocycles. The van der Waals surface area contributed by atoms with Gasteiger partial charge in [0.1, 0.15) is 0 Å². The SMILES string of the molecule is NC(=O)C1CCN(CCC(N)=S)C1. The first-order valence-electron chi connectivity index (χ1n) is 4.39. The second kappa shape index (κ2) is 4.53. The highest BCUT2D eigenvalue weighted by Crippen LogP contribution is 2.15. The number of likely N-dealkylation sites (tertiary alicyclic amines) is 1. The first-order valence-corrected chi connectivity index (χ1v) is 4.80. The Morgan fingerprint density at radius 2 is 2.23 bits per heavy atom. The lowest BCUT2D eigenvalue weighted by atomic mass is 10.1. The van der Waals surface area contributed by atoms with Gasteiger partial charge in [0.05, 0.1) is 10.9 Å². The van der Waals surface area contributed by atoms with E-state index in [1.807, 2.05) is 0 Å². The van der Waals surface area contributed by atoms with Gasteiger partial charge in [-0.1, -0.05) is 12.2 Å². The minimum absolute atomic E-state index is 0.0198. The second-order valence-corrected chi connectivity index (χ2v) is 3.93. The van der Waals surface area contributed by atoms with Crippen molar-refractivity contribution in [1.82, 2.24) is 4.90 Å². The van der Waals surface area contributed by atoms with Gasteiger partial charge in [0, 0.05) is 19.5 Å². The van der Waals surface area contributed by atoms with Crippen LogP contribution in [-0.4, -0.2) is 35.4 Å². The van der Waals surface area contributed by atoms with E-state index >= 15 is 0 Å². The monoisotopic (exact) mass is 201 g/mol. The van der Waals surface area contributed by atoms with E-state index in [1.54, 1.807) is 0 Å². The van der Waals surface area contributed by atoms with Crippen molar-refractivity contribution in [2.24, 2.45) is 17.4 Å². The average molecular weight is 201 g/mol. The number of hydrogen-bond acceptors (Lipinski definition) is 3. The van der Waals surface area contributed by atoms with Gasteiger partial charge in [-0.3, -0.25) is 4.79 Å². The number of nitrogens with zero attached hydrogens (tertiary/aromatic N) is 1. The first-order chi connectivity index (χ1) is 6.09. The molecule has 13 heavy (non-hydrogen) atoms. The molecular formula is C8H15N3OS. The molecule has 0 spiro atoms. The van der Waals surface area contributed by atoms with Crippen LogP contribution in [0.3, 0.4) is 0 Å². The minimum atomic E-state index is -0.196. The molecule has 5 heteroatoms. The lowest BCUT2D eigenvalue weighted by molar-refractivity contribution is -0.121. The molecule has 0 radical (unpaired) electrons. The zero-order valence-electron chi connectivity index (χ0n) is 7.53. The van der Waals surface area contributed by atoms with Crippen molar-refractivity contribution in [1.29, 1.82) is 0 Å². The van der Waals surface area contributed by atoms with Crippen LogP contribution in [0.1, 0.15) is 12.8 Å². The lowest BCUT2D eigenvalue weighted by Crippen LogP contribution is -2.29. The molecule has 4 N–H and O–H groups in total. The Hall–Kier alpha value is -0.680. The van der Waals surface area contributed by atoms with E-state index in [2.05, 4.69) is 4.90 Å². The molecular weight excluding hydrogens is 186 g/mol. The van der Waals surface area contributed by atoms with Gasteiger partial charge in [0.2, 0.25) is 5.91 Å².